The molecule has 2 fully saturated rings. The summed E-state index contributed by atoms with van der Waals surface area (Å²) in [5.74, 6) is 0.701. The Labute approximate surface area is 158 Å². The normalized spacial score (nSPS) is 25.9. The fraction of sp³-hybridized carbons (Fsp3) is 0.667. The first-order valence-electron chi connectivity index (χ1n) is 10.1. The molecule has 1 aromatic carbocycles. The van der Waals surface area contributed by atoms with Crippen LogP contribution in [-0.2, 0) is 17.8 Å². The summed E-state index contributed by atoms with van der Waals surface area (Å²) in [7, 11) is 0. The van der Waals surface area contributed by atoms with Gasteiger partial charge in [-0.3, -0.25) is 4.90 Å². The van der Waals surface area contributed by atoms with Gasteiger partial charge in [-0.15, -0.1) is 0 Å². The minimum absolute atomic E-state index is 0.314. The van der Waals surface area contributed by atoms with Gasteiger partial charge in [-0.25, -0.2) is 4.99 Å². The van der Waals surface area contributed by atoms with Gasteiger partial charge in [0.1, 0.15) is 0 Å². The van der Waals surface area contributed by atoms with Crippen molar-refractivity contribution in [3.8, 4) is 0 Å². The van der Waals surface area contributed by atoms with Gasteiger partial charge in [0.15, 0.2) is 5.96 Å². The first-order chi connectivity index (χ1) is 12.6. The third-order valence-electron chi connectivity index (χ3n) is 5.28. The first-order valence-corrected chi connectivity index (χ1v) is 10.1. The Kier molecular flexibility index (Phi) is 6.92. The van der Waals surface area contributed by atoms with E-state index in [1.807, 2.05) is 0 Å². The molecule has 2 saturated heterocycles. The lowest BCUT2D eigenvalue weighted by Crippen LogP contribution is -2.44. The van der Waals surface area contributed by atoms with Crippen LogP contribution in [0.15, 0.2) is 29.3 Å². The second-order valence-corrected chi connectivity index (χ2v) is 7.84. The van der Waals surface area contributed by atoms with Gasteiger partial charge in [0.25, 0.3) is 0 Å². The number of ether oxygens (including phenoxy) is 1. The maximum absolute atomic E-state index is 6.20. The molecule has 0 bridgehead atoms. The van der Waals surface area contributed by atoms with Gasteiger partial charge in [-0.05, 0) is 37.8 Å². The monoisotopic (exact) mass is 358 g/mol. The Morgan fingerprint density at radius 2 is 1.58 bits per heavy atom. The molecule has 2 heterocycles. The van der Waals surface area contributed by atoms with Crippen LogP contribution in [0.25, 0.3) is 0 Å². The maximum atomic E-state index is 6.20. The number of guanidine groups is 1. The quantitative estimate of drug-likeness (QED) is 0.664. The number of aliphatic imine (C=N–C) groups is 1. The van der Waals surface area contributed by atoms with Crippen molar-refractivity contribution in [1.82, 2.24) is 9.80 Å². The van der Waals surface area contributed by atoms with Crippen LogP contribution in [0.1, 0.15) is 50.7 Å². The molecule has 0 saturated carbocycles. The lowest BCUT2D eigenvalue weighted by molar-refractivity contribution is -0.0704. The number of hydrogen-bond donors (Lipinski definition) is 1. The molecule has 2 atom stereocenters. The third-order valence-corrected chi connectivity index (χ3v) is 5.28. The summed E-state index contributed by atoms with van der Waals surface area (Å²) in [6.45, 7) is 10.0. The largest absolute Gasteiger partial charge is 0.373 e. The van der Waals surface area contributed by atoms with E-state index in [-0.39, 0.29) is 0 Å². The zero-order valence-electron chi connectivity index (χ0n) is 16.4. The number of hydrogen-bond acceptors (Lipinski definition) is 3. The molecular weight excluding hydrogens is 324 g/mol. The van der Waals surface area contributed by atoms with Crippen molar-refractivity contribution >= 4 is 5.96 Å². The molecule has 1 aromatic rings. The number of likely N-dealkylation sites (tertiary alicyclic amines) is 1. The molecule has 144 valence electrons. The van der Waals surface area contributed by atoms with Crippen LogP contribution in [0.2, 0.25) is 0 Å². The minimum atomic E-state index is 0.314. The van der Waals surface area contributed by atoms with Crippen molar-refractivity contribution in [2.24, 2.45) is 10.7 Å². The molecule has 2 unspecified atom stereocenters. The summed E-state index contributed by atoms with van der Waals surface area (Å²) in [4.78, 5) is 9.33. The van der Waals surface area contributed by atoms with Crippen LogP contribution in [0.4, 0.5) is 0 Å². The Hall–Kier alpha value is -1.59. The Morgan fingerprint density at radius 3 is 2.19 bits per heavy atom. The number of morpholine rings is 1. The average Bonchev–Trinajstić information content (AvgIpc) is 2.89. The Morgan fingerprint density at radius 1 is 1.00 bits per heavy atom. The van der Waals surface area contributed by atoms with Gasteiger partial charge in [-0.1, -0.05) is 37.1 Å². The van der Waals surface area contributed by atoms with Gasteiger partial charge in [0.05, 0.1) is 18.8 Å². The lowest BCUT2D eigenvalue weighted by atomic mass is 10.1. The van der Waals surface area contributed by atoms with Crippen molar-refractivity contribution in [2.45, 2.75) is 64.8 Å². The predicted octanol–water partition coefficient (Wildman–Crippen LogP) is 2.99. The number of nitrogens with zero attached hydrogens (tertiary/aromatic N) is 3. The molecule has 26 heavy (non-hydrogen) atoms. The van der Waals surface area contributed by atoms with E-state index in [9.17, 15) is 0 Å². The molecule has 2 aliphatic heterocycles. The fourth-order valence-electron chi connectivity index (χ4n) is 3.99. The second-order valence-electron chi connectivity index (χ2n) is 7.84. The second kappa shape index (κ2) is 9.38. The molecule has 5 nitrogen and oxygen atoms in total. The highest BCUT2D eigenvalue weighted by Crippen LogP contribution is 2.15. The minimum Gasteiger partial charge on any atom is -0.373 e. The zero-order valence-corrected chi connectivity index (χ0v) is 16.4. The van der Waals surface area contributed by atoms with E-state index in [4.69, 9.17) is 10.5 Å². The summed E-state index contributed by atoms with van der Waals surface area (Å²) in [6.07, 6.45) is 5.70. The van der Waals surface area contributed by atoms with Gasteiger partial charge >= 0.3 is 0 Å². The van der Waals surface area contributed by atoms with Crippen LogP contribution < -0.4 is 5.73 Å². The van der Waals surface area contributed by atoms with Gasteiger partial charge in [-0.2, -0.15) is 0 Å². The topological polar surface area (TPSA) is 54.1 Å². The van der Waals surface area contributed by atoms with Crippen LogP contribution >= 0.6 is 0 Å². The van der Waals surface area contributed by atoms with Crippen LogP contribution in [0, 0.1) is 0 Å². The molecule has 0 amide bonds. The van der Waals surface area contributed by atoms with Crippen molar-refractivity contribution in [3.05, 3.63) is 35.4 Å². The molecule has 0 radical (unpaired) electrons. The molecule has 0 spiro atoms. The van der Waals surface area contributed by atoms with E-state index in [0.29, 0.717) is 24.7 Å². The van der Waals surface area contributed by atoms with Crippen LogP contribution in [0.3, 0.4) is 0 Å². The van der Waals surface area contributed by atoms with Crippen LogP contribution in [-0.4, -0.2) is 54.1 Å². The summed E-state index contributed by atoms with van der Waals surface area (Å²) in [6, 6.07) is 8.80. The molecule has 2 aliphatic rings. The Balaban J connectivity index is 1.51. The highest BCUT2D eigenvalue weighted by Gasteiger charge is 2.21. The van der Waals surface area contributed by atoms with Crippen LogP contribution in [0.5, 0.6) is 0 Å². The molecule has 0 aliphatic carbocycles. The van der Waals surface area contributed by atoms with Crippen molar-refractivity contribution in [3.63, 3.8) is 0 Å². The fourth-order valence-corrected chi connectivity index (χ4v) is 3.99. The van der Waals surface area contributed by atoms with E-state index in [1.54, 1.807) is 0 Å². The molecule has 3 rings (SSSR count). The standard InChI is InChI=1S/C21H34N4O/c1-17-14-24(15-18(2)26-17)16-20-9-7-19(8-10-20)13-23-21(22)25-11-5-3-4-6-12-25/h7-10,17-18H,3-6,11-16H2,1-2H3,(H2,22,23). The highest BCUT2D eigenvalue weighted by molar-refractivity contribution is 5.78. The summed E-state index contributed by atoms with van der Waals surface area (Å²) in [5, 5.41) is 0. The number of benzene rings is 1. The SMILES string of the molecule is CC1CN(Cc2ccc(CN=C(N)N3CCCCCC3)cc2)CC(C)O1. The summed E-state index contributed by atoms with van der Waals surface area (Å²) < 4.78 is 5.81. The zero-order chi connectivity index (χ0) is 18.4. The summed E-state index contributed by atoms with van der Waals surface area (Å²) in [5.41, 5.74) is 8.77. The van der Waals surface area contributed by atoms with E-state index in [2.05, 4.69) is 52.9 Å². The van der Waals surface area contributed by atoms with Crippen molar-refractivity contribution in [2.75, 3.05) is 26.2 Å². The average molecular weight is 359 g/mol. The smallest absolute Gasteiger partial charge is 0.191 e. The molecule has 2 N–H and O–H groups in total. The van der Waals surface area contributed by atoms with E-state index >= 15 is 0 Å². The molecule has 5 heteroatoms. The van der Waals surface area contributed by atoms with Gasteiger partial charge in [0.2, 0.25) is 0 Å². The number of nitrogens with two attached hydrogens (primary N) is 1. The lowest BCUT2D eigenvalue weighted by Gasteiger charge is -2.35. The molecular formula is C21H34N4O. The number of rotatable bonds is 4. The maximum Gasteiger partial charge on any atom is 0.191 e. The van der Waals surface area contributed by atoms with E-state index < -0.39 is 0 Å². The van der Waals surface area contributed by atoms with E-state index in [1.165, 1.54) is 36.8 Å². The van der Waals surface area contributed by atoms with E-state index in [0.717, 1.165) is 32.7 Å². The summed E-state index contributed by atoms with van der Waals surface area (Å²) >= 11 is 0. The van der Waals surface area contributed by atoms with Gasteiger partial charge in [0, 0.05) is 32.7 Å². The van der Waals surface area contributed by atoms with Crippen molar-refractivity contribution < 1.29 is 4.74 Å². The van der Waals surface area contributed by atoms with Crippen molar-refractivity contribution in [1.29, 1.82) is 0 Å². The molecule has 0 aromatic heterocycles. The van der Waals surface area contributed by atoms with Gasteiger partial charge < -0.3 is 15.4 Å². The Bertz CT molecular complexity index is 568. The third kappa shape index (κ3) is 5.71. The predicted molar refractivity (Wildman–Crippen MR) is 107 cm³/mol. The highest BCUT2D eigenvalue weighted by atomic mass is 16.5. The first kappa shape index (κ1) is 19.2.